The number of rotatable bonds is 5. The van der Waals surface area contributed by atoms with Gasteiger partial charge in [-0.25, -0.2) is 0 Å². The van der Waals surface area contributed by atoms with Crippen molar-refractivity contribution in [3.63, 3.8) is 0 Å². The molecule has 0 saturated heterocycles. The largest absolute Gasteiger partial charge is 0.348 e. The van der Waals surface area contributed by atoms with Gasteiger partial charge in [0.2, 0.25) is 0 Å². The molecule has 0 heterocycles. The Morgan fingerprint density at radius 2 is 1.78 bits per heavy atom. The van der Waals surface area contributed by atoms with Gasteiger partial charge in [0.05, 0.1) is 15.9 Å². The Morgan fingerprint density at radius 1 is 1.09 bits per heavy atom. The SMILES string of the molecule is O=C(NCc1ccccc1Cl)c1ccc([N+](=O)[O-])cc1[N+](=O)[O-]. The van der Waals surface area contributed by atoms with E-state index in [4.69, 9.17) is 11.6 Å². The molecule has 0 spiro atoms. The quantitative estimate of drug-likeness (QED) is 0.665. The van der Waals surface area contributed by atoms with E-state index in [9.17, 15) is 25.0 Å². The van der Waals surface area contributed by atoms with Crippen molar-refractivity contribution in [3.8, 4) is 0 Å². The number of carbonyl (C=O) groups is 1. The molecule has 8 nitrogen and oxygen atoms in total. The number of nitro groups is 2. The number of nitrogens with zero attached hydrogens (tertiary/aromatic N) is 2. The van der Waals surface area contributed by atoms with Crippen molar-refractivity contribution in [3.05, 3.63) is 78.8 Å². The normalized spacial score (nSPS) is 10.1. The minimum Gasteiger partial charge on any atom is -0.348 e. The van der Waals surface area contributed by atoms with Crippen LogP contribution in [0.15, 0.2) is 42.5 Å². The van der Waals surface area contributed by atoms with Gasteiger partial charge in [0, 0.05) is 17.6 Å². The molecule has 0 atom stereocenters. The van der Waals surface area contributed by atoms with Gasteiger partial charge in [-0.05, 0) is 17.7 Å². The molecule has 2 aromatic carbocycles. The van der Waals surface area contributed by atoms with E-state index < -0.39 is 27.1 Å². The maximum atomic E-state index is 12.1. The molecule has 1 amide bonds. The fraction of sp³-hybridized carbons (Fsp3) is 0.0714. The van der Waals surface area contributed by atoms with Crippen molar-refractivity contribution in [1.29, 1.82) is 0 Å². The van der Waals surface area contributed by atoms with Crippen LogP contribution < -0.4 is 5.32 Å². The summed E-state index contributed by atoms with van der Waals surface area (Å²) in [5.74, 6) is -0.716. The lowest BCUT2D eigenvalue weighted by molar-refractivity contribution is -0.394. The summed E-state index contributed by atoms with van der Waals surface area (Å²) in [6.45, 7) is 0.0760. The Morgan fingerprint density at radius 3 is 2.39 bits per heavy atom. The molecule has 9 heteroatoms. The molecular formula is C14H10ClN3O5. The van der Waals surface area contributed by atoms with Gasteiger partial charge >= 0.3 is 0 Å². The first-order valence-corrected chi connectivity index (χ1v) is 6.72. The number of amides is 1. The van der Waals surface area contributed by atoms with E-state index in [0.29, 0.717) is 10.6 Å². The van der Waals surface area contributed by atoms with Crippen LogP contribution in [0, 0.1) is 20.2 Å². The summed E-state index contributed by atoms with van der Waals surface area (Å²) >= 11 is 5.96. The van der Waals surface area contributed by atoms with Gasteiger partial charge in [-0.3, -0.25) is 25.0 Å². The lowest BCUT2D eigenvalue weighted by atomic mass is 10.1. The van der Waals surface area contributed by atoms with Crippen molar-refractivity contribution in [2.24, 2.45) is 0 Å². The molecule has 0 unspecified atom stereocenters. The number of benzene rings is 2. The van der Waals surface area contributed by atoms with Crippen LogP contribution in [0.5, 0.6) is 0 Å². The number of carbonyl (C=O) groups excluding carboxylic acids is 1. The molecule has 0 bridgehead atoms. The van der Waals surface area contributed by atoms with Gasteiger partial charge in [-0.1, -0.05) is 29.8 Å². The lowest BCUT2D eigenvalue weighted by Gasteiger charge is -2.07. The Hall–Kier alpha value is -3.00. The Balaban J connectivity index is 2.23. The molecule has 118 valence electrons. The van der Waals surface area contributed by atoms with Gasteiger partial charge < -0.3 is 5.32 Å². The minimum absolute atomic E-state index is 0.0760. The van der Waals surface area contributed by atoms with E-state index in [1.807, 2.05) is 0 Å². The summed E-state index contributed by atoms with van der Waals surface area (Å²) in [4.78, 5) is 32.2. The number of nitrogens with one attached hydrogen (secondary N) is 1. The van der Waals surface area contributed by atoms with Crippen LogP contribution in [0.4, 0.5) is 11.4 Å². The van der Waals surface area contributed by atoms with Crippen molar-refractivity contribution in [1.82, 2.24) is 5.32 Å². The maximum absolute atomic E-state index is 12.1. The topological polar surface area (TPSA) is 115 Å². The molecule has 0 aliphatic rings. The van der Waals surface area contributed by atoms with E-state index in [1.54, 1.807) is 24.3 Å². The first-order chi connectivity index (χ1) is 10.9. The summed E-state index contributed by atoms with van der Waals surface area (Å²) < 4.78 is 0. The van der Waals surface area contributed by atoms with Crippen molar-refractivity contribution >= 4 is 28.9 Å². The molecule has 1 N–H and O–H groups in total. The third kappa shape index (κ3) is 3.80. The highest BCUT2D eigenvalue weighted by atomic mass is 35.5. The van der Waals surface area contributed by atoms with Gasteiger partial charge in [0.15, 0.2) is 0 Å². The zero-order valence-corrected chi connectivity index (χ0v) is 12.3. The van der Waals surface area contributed by atoms with Gasteiger partial charge in [-0.15, -0.1) is 0 Å². The average Bonchev–Trinajstić information content (AvgIpc) is 2.53. The predicted molar refractivity (Wildman–Crippen MR) is 82.4 cm³/mol. The van der Waals surface area contributed by atoms with E-state index in [2.05, 4.69) is 5.32 Å². The second-order valence-electron chi connectivity index (χ2n) is 4.49. The molecule has 0 aromatic heterocycles. The number of non-ortho nitro benzene ring substituents is 1. The molecule has 0 saturated carbocycles. The third-order valence-corrected chi connectivity index (χ3v) is 3.40. The second-order valence-corrected chi connectivity index (χ2v) is 4.90. The standard InChI is InChI=1S/C14H10ClN3O5/c15-12-4-2-1-3-9(12)8-16-14(19)11-6-5-10(17(20)21)7-13(11)18(22)23/h1-7H,8H2,(H,16,19). The first kappa shape index (κ1) is 16.4. The zero-order chi connectivity index (χ0) is 17.0. The third-order valence-electron chi connectivity index (χ3n) is 3.03. The van der Waals surface area contributed by atoms with E-state index in [1.165, 1.54) is 0 Å². The highest BCUT2D eigenvalue weighted by Gasteiger charge is 2.23. The van der Waals surface area contributed by atoms with Gasteiger partial charge in [-0.2, -0.15) is 0 Å². The molecule has 23 heavy (non-hydrogen) atoms. The second kappa shape index (κ2) is 6.84. The van der Waals surface area contributed by atoms with Crippen LogP contribution in [0.2, 0.25) is 5.02 Å². The monoisotopic (exact) mass is 335 g/mol. The molecule has 0 aliphatic heterocycles. The lowest BCUT2D eigenvalue weighted by Crippen LogP contribution is -2.23. The van der Waals surface area contributed by atoms with E-state index >= 15 is 0 Å². The summed E-state index contributed by atoms with van der Waals surface area (Å²) in [7, 11) is 0. The number of halogens is 1. The van der Waals surface area contributed by atoms with Gasteiger partial charge in [0.1, 0.15) is 5.56 Å². The van der Waals surface area contributed by atoms with Crippen molar-refractivity contribution in [2.45, 2.75) is 6.54 Å². The summed E-state index contributed by atoms with van der Waals surface area (Å²) in [5, 5.41) is 24.6. The zero-order valence-electron chi connectivity index (χ0n) is 11.6. The fourth-order valence-electron chi connectivity index (χ4n) is 1.89. The van der Waals surface area contributed by atoms with E-state index in [-0.39, 0.29) is 12.1 Å². The van der Waals surface area contributed by atoms with Crippen molar-refractivity contribution in [2.75, 3.05) is 0 Å². The van der Waals surface area contributed by atoms with Crippen LogP contribution in [0.3, 0.4) is 0 Å². The fourth-order valence-corrected chi connectivity index (χ4v) is 2.09. The number of hydrogen-bond donors (Lipinski definition) is 1. The molecular weight excluding hydrogens is 326 g/mol. The first-order valence-electron chi connectivity index (χ1n) is 6.34. The van der Waals surface area contributed by atoms with Crippen LogP contribution in [0.25, 0.3) is 0 Å². The van der Waals surface area contributed by atoms with Crippen LogP contribution in [-0.4, -0.2) is 15.8 Å². The summed E-state index contributed by atoms with van der Waals surface area (Å²) in [5.41, 5.74) is -0.699. The summed E-state index contributed by atoms with van der Waals surface area (Å²) in [6.07, 6.45) is 0. The van der Waals surface area contributed by atoms with Crippen molar-refractivity contribution < 1.29 is 14.6 Å². The molecule has 2 aromatic rings. The molecule has 0 radical (unpaired) electrons. The smallest absolute Gasteiger partial charge is 0.289 e. The highest BCUT2D eigenvalue weighted by Crippen LogP contribution is 2.24. The maximum Gasteiger partial charge on any atom is 0.289 e. The number of hydrogen-bond acceptors (Lipinski definition) is 5. The highest BCUT2D eigenvalue weighted by molar-refractivity contribution is 6.31. The average molecular weight is 336 g/mol. The minimum atomic E-state index is -0.836. The van der Waals surface area contributed by atoms with Crippen LogP contribution in [0.1, 0.15) is 15.9 Å². The van der Waals surface area contributed by atoms with E-state index in [0.717, 1.165) is 18.2 Å². The van der Waals surface area contributed by atoms with Gasteiger partial charge in [0.25, 0.3) is 17.3 Å². The predicted octanol–water partition coefficient (Wildman–Crippen LogP) is 3.09. The Kier molecular flexibility index (Phi) is 4.87. The number of nitro benzene ring substituents is 2. The summed E-state index contributed by atoms with van der Waals surface area (Å²) in [6, 6.07) is 9.67. The van der Waals surface area contributed by atoms with Crippen LogP contribution >= 0.6 is 11.6 Å². The van der Waals surface area contributed by atoms with Crippen LogP contribution in [-0.2, 0) is 6.54 Å². The molecule has 2 rings (SSSR count). The molecule has 0 fully saturated rings. The Bertz CT molecular complexity index is 794. The molecule has 0 aliphatic carbocycles. The Labute approximate surface area is 135 Å².